The molecule has 7 rings (SSSR count). The molecule has 0 aliphatic heterocycles. The summed E-state index contributed by atoms with van der Waals surface area (Å²) in [6.07, 6.45) is 0. The van der Waals surface area contributed by atoms with Gasteiger partial charge in [0.25, 0.3) is 0 Å². The topological polar surface area (TPSA) is 17.3 Å². The highest BCUT2D eigenvalue weighted by molar-refractivity contribution is 7.16. The zero-order chi connectivity index (χ0) is 16.8. The molecule has 3 aromatic carbocycles. The van der Waals surface area contributed by atoms with Crippen molar-refractivity contribution >= 4 is 70.6 Å². The van der Waals surface area contributed by atoms with E-state index in [9.17, 15) is 0 Å². The molecule has 0 saturated heterocycles. The molecule has 2 nitrogen and oxygen atoms in total. The molecule has 0 radical (unpaired) electrons. The first-order valence-corrected chi connectivity index (χ1v) is 9.62. The molecule has 0 amide bonds. The fraction of sp³-hybridized carbons (Fsp3) is 0. The minimum Gasteiger partial charge on any atom is -0.306 e. The Kier molecular flexibility index (Phi) is 2.17. The number of fused-ring (bicyclic) bond motifs is 7. The van der Waals surface area contributed by atoms with Crippen molar-refractivity contribution in [2.45, 2.75) is 0 Å². The lowest BCUT2D eigenvalue weighted by molar-refractivity contribution is 1.34. The van der Waals surface area contributed by atoms with Gasteiger partial charge < -0.3 is 4.40 Å². The minimum atomic E-state index is 1.09. The van der Waals surface area contributed by atoms with Crippen molar-refractivity contribution in [2.75, 3.05) is 0 Å². The molecule has 0 bridgehead atoms. The number of rotatable bonds is 0. The van der Waals surface area contributed by atoms with Gasteiger partial charge in [-0.25, -0.2) is 4.98 Å². The van der Waals surface area contributed by atoms with Crippen molar-refractivity contribution in [3.05, 3.63) is 72.1 Å². The third-order valence-corrected chi connectivity index (χ3v) is 6.42. The second-order valence-corrected chi connectivity index (χ2v) is 7.78. The number of hydrogen-bond donors (Lipinski definition) is 0. The molecular formula is C23H12N2S. The fourth-order valence-corrected chi connectivity index (χ4v) is 5.28. The number of nitrogens with zero attached hydrogens (tertiary/aromatic N) is 2. The van der Waals surface area contributed by atoms with Crippen LogP contribution >= 0.6 is 11.3 Å². The molecule has 120 valence electrons. The van der Waals surface area contributed by atoms with Crippen LogP contribution in [0.4, 0.5) is 0 Å². The van der Waals surface area contributed by atoms with E-state index in [0.29, 0.717) is 0 Å². The largest absolute Gasteiger partial charge is 0.306 e. The van der Waals surface area contributed by atoms with Crippen LogP contribution in [0.1, 0.15) is 0 Å². The van der Waals surface area contributed by atoms with Crippen LogP contribution in [0.5, 0.6) is 0 Å². The summed E-state index contributed by atoms with van der Waals surface area (Å²) in [6.45, 7) is 0. The molecular weight excluding hydrogens is 336 g/mol. The Balaban J connectivity index is 1.99. The number of aromatic nitrogens is 2. The van der Waals surface area contributed by atoms with Gasteiger partial charge >= 0.3 is 0 Å². The minimum absolute atomic E-state index is 1.09. The lowest BCUT2D eigenvalue weighted by Crippen LogP contribution is -1.94. The maximum atomic E-state index is 5.07. The van der Waals surface area contributed by atoms with Crippen molar-refractivity contribution < 1.29 is 0 Å². The smallest absolute Gasteiger partial charge is 0.124 e. The predicted molar refractivity (Wildman–Crippen MR) is 112 cm³/mol. The Morgan fingerprint density at radius 1 is 0.731 bits per heavy atom. The van der Waals surface area contributed by atoms with Crippen molar-refractivity contribution in [1.82, 2.24) is 9.38 Å². The number of pyridine rings is 2. The van der Waals surface area contributed by atoms with E-state index in [4.69, 9.17) is 4.98 Å². The van der Waals surface area contributed by atoms with Crippen LogP contribution in [-0.2, 0) is 0 Å². The maximum Gasteiger partial charge on any atom is 0.124 e. The van der Waals surface area contributed by atoms with Gasteiger partial charge in [-0.05, 0) is 29.0 Å². The molecule has 0 spiro atoms. The summed E-state index contributed by atoms with van der Waals surface area (Å²) in [6, 6.07) is 24.2. The highest BCUT2D eigenvalue weighted by atomic mass is 32.1. The second-order valence-electron chi connectivity index (χ2n) is 6.89. The van der Waals surface area contributed by atoms with Crippen molar-refractivity contribution in [1.29, 1.82) is 0 Å². The molecule has 0 N–H and O–H groups in total. The van der Waals surface area contributed by atoms with Gasteiger partial charge in [-0.3, -0.25) is 0 Å². The Morgan fingerprint density at radius 2 is 1.65 bits per heavy atom. The first-order valence-electron chi connectivity index (χ1n) is 8.74. The first-order chi connectivity index (χ1) is 12.9. The van der Waals surface area contributed by atoms with E-state index < -0.39 is 0 Å². The van der Waals surface area contributed by atoms with Gasteiger partial charge in [0, 0.05) is 26.9 Å². The van der Waals surface area contributed by atoms with Crippen molar-refractivity contribution in [3.8, 4) is 0 Å². The molecule has 4 heterocycles. The van der Waals surface area contributed by atoms with E-state index >= 15 is 0 Å². The standard InChI is InChI=1S/C23H12N2S/c1-2-7-18-15(5-1)16-9-8-13-4-3-6-17-20(13)22(16)25(18)19-12-14-10-11-26-23(14)24-21(17)19/h1-12H. The van der Waals surface area contributed by atoms with Gasteiger partial charge in [0.05, 0.1) is 22.1 Å². The van der Waals surface area contributed by atoms with Crippen LogP contribution < -0.4 is 0 Å². The normalized spacial score (nSPS) is 12.6. The summed E-state index contributed by atoms with van der Waals surface area (Å²) >= 11 is 1.71. The third-order valence-electron chi connectivity index (χ3n) is 5.60. The summed E-state index contributed by atoms with van der Waals surface area (Å²) in [5.41, 5.74) is 4.84. The fourth-order valence-electron chi connectivity index (χ4n) is 4.53. The lowest BCUT2D eigenvalue weighted by Gasteiger charge is -2.12. The molecule has 4 aromatic heterocycles. The van der Waals surface area contributed by atoms with E-state index in [2.05, 4.69) is 76.5 Å². The molecule has 0 aliphatic rings. The van der Waals surface area contributed by atoms with E-state index in [1.165, 1.54) is 48.9 Å². The molecule has 7 aromatic rings. The molecule has 0 aliphatic carbocycles. The quantitative estimate of drug-likeness (QED) is 0.223. The second kappa shape index (κ2) is 4.32. The van der Waals surface area contributed by atoms with Crippen molar-refractivity contribution in [3.63, 3.8) is 0 Å². The Bertz CT molecular complexity index is 1630. The summed E-state index contributed by atoms with van der Waals surface area (Å²) in [7, 11) is 0. The molecule has 26 heavy (non-hydrogen) atoms. The third kappa shape index (κ3) is 1.39. The zero-order valence-corrected chi connectivity index (χ0v) is 14.5. The molecule has 0 saturated carbocycles. The summed E-state index contributed by atoms with van der Waals surface area (Å²) in [4.78, 5) is 6.18. The average Bonchev–Trinajstić information content (AvgIpc) is 3.28. The number of thiophene rings is 1. The Labute approximate surface area is 152 Å². The number of para-hydroxylation sites is 1. The molecule has 0 fully saturated rings. The molecule has 0 unspecified atom stereocenters. The number of benzene rings is 3. The van der Waals surface area contributed by atoms with Crippen LogP contribution in [0.25, 0.3) is 59.2 Å². The van der Waals surface area contributed by atoms with Crippen LogP contribution in [0.3, 0.4) is 0 Å². The van der Waals surface area contributed by atoms with Crippen LogP contribution in [0.15, 0.2) is 72.1 Å². The van der Waals surface area contributed by atoms with Crippen molar-refractivity contribution in [2.24, 2.45) is 0 Å². The average molecular weight is 348 g/mol. The van der Waals surface area contributed by atoms with Gasteiger partial charge in [0.15, 0.2) is 0 Å². The highest BCUT2D eigenvalue weighted by Crippen LogP contribution is 2.41. The maximum absolute atomic E-state index is 5.07. The SMILES string of the molecule is c1cc2ccc3c4ccccc4n4c5cc6ccsc6nc5c(c1)c2c34. The Hall–Kier alpha value is -3.17. The summed E-state index contributed by atoms with van der Waals surface area (Å²) in [5, 5.41) is 9.80. The zero-order valence-electron chi connectivity index (χ0n) is 13.7. The van der Waals surface area contributed by atoms with Crippen LogP contribution in [0, 0.1) is 0 Å². The number of hydrogen-bond acceptors (Lipinski definition) is 2. The van der Waals surface area contributed by atoms with Crippen LogP contribution in [-0.4, -0.2) is 9.38 Å². The first kappa shape index (κ1) is 13.1. The van der Waals surface area contributed by atoms with E-state index in [0.717, 1.165) is 10.3 Å². The highest BCUT2D eigenvalue weighted by Gasteiger charge is 2.18. The van der Waals surface area contributed by atoms with Gasteiger partial charge in [-0.2, -0.15) is 0 Å². The van der Waals surface area contributed by atoms with Gasteiger partial charge in [0.2, 0.25) is 0 Å². The van der Waals surface area contributed by atoms with Crippen LogP contribution in [0.2, 0.25) is 0 Å². The molecule has 3 heteroatoms. The van der Waals surface area contributed by atoms with E-state index in [1.54, 1.807) is 11.3 Å². The van der Waals surface area contributed by atoms with E-state index in [1.807, 2.05) is 0 Å². The monoisotopic (exact) mass is 348 g/mol. The van der Waals surface area contributed by atoms with Gasteiger partial charge in [0.1, 0.15) is 4.83 Å². The van der Waals surface area contributed by atoms with E-state index in [-0.39, 0.29) is 0 Å². The molecule has 0 atom stereocenters. The van der Waals surface area contributed by atoms with Gasteiger partial charge in [-0.15, -0.1) is 11.3 Å². The Morgan fingerprint density at radius 3 is 2.65 bits per heavy atom. The predicted octanol–water partition coefficient (Wildman–Crippen LogP) is 6.60. The summed E-state index contributed by atoms with van der Waals surface area (Å²) in [5.74, 6) is 0. The lowest BCUT2D eigenvalue weighted by atomic mass is 10.0. The summed E-state index contributed by atoms with van der Waals surface area (Å²) < 4.78 is 2.42. The van der Waals surface area contributed by atoms with Gasteiger partial charge in [-0.1, -0.05) is 48.5 Å².